The van der Waals surface area contributed by atoms with Crippen molar-refractivity contribution in [3.8, 4) is 0 Å². The van der Waals surface area contributed by atoms with Gasteiger partial charge in [0.05, 0.1) is 26.4 Å². The molecule has 0 aliphatic carbocycles. The van der Waals surface area contributed by atoms with Crippen LogP contribution >= 0.6 is 15.6 Å². The van der Waals surface area contributed by atoms with E-state index in [1.807, 2.05) is 0 Å². The maximum Gasteiger partial charge on any atom is 0.479 e. The largest absolute Gasteiger partial charge is 0.479 e. The standard InChI is InChI=1S/C9H21FO8P2/c1-5-13-19(11,14-6-2)17-9(10)18-20(12,15-7-3)16-8-4/h9H,5-8H2,1-4H3. The van der Waals surface area contributed by atoms with Crippen LogP contribution in [-0.4, -0.2) is 33.0 Å². The minimum atomic E-state index is -4.13. The van der Waals surface area contributed by atoms with E-state index >= 15 is 0 Å². The highest BCUT2D eigenvalue weighted by Crippen LogP contribution is 2.55. The maximum atomic E-state index is 13.6. The van der Waals surface area contributed by atoms with Gasteiger partial charge < -0.3 is 0 Å². The molecule has 20 heavy (non-hydrogen) atoms. The Hall–Kier alpha value is 0.150. The lowest BCUT2D eigenvalue weighted by atomic mass is 10.9. The molecule has 0 fully saturated rings. The van der Waals surface area contributed by atoms with Gasteiger partial charge in [-0.25, -0.2) is 18.2 Å². The van der Waals surface area contributed by atoms with Crippen LogP contribution in [0.3, 0.4) is 0 Å². The molecule has 0 aliphatic rings. The molecule has 0 aliphatic heterocycles. The zero-order valence-corrected chi connectivity index (χ0v) is 13.7. The lowest BCUT2D eigenvalue weighted by Gasteiger charge is -2.21. The van der Waals surface area contributed by atoms with Gasteiger partial charge in [-0.15, -0.1) is 0 Å². The van der Waals surface area contributed by atoms with Gasteiger partial charge in [-0.05, 0) is 27.7 Å². The number of hydrogen-bond acceptors (Lipinski definition) is 8. The lowest BCUT2D eigenvalue weighted by Crippen LogP contribution is -2.13. The molecule has 0 saturated heterocycles. The van der Waals surface area contributed by atoms with Crippen molar-refractivity contribution in [1.29, 1.82) is 0 Å². The molecule has 122 valence electrons. The van der Waals surface area contributed by atoms with Gasteiger partial charge in [0.15, 0.2) is 0 Å². The monoisotopic (exact) mass is 338 g/mol. The van der Waals surface area contributed by atoms with Crippen LogP contribution in [0.15, 0.2) is 0 Å². The van der Waals surface area contributed by atoms with Crippen molar-refractivity contribution >= 4 is 15.6 Å². The Labute approximate surface area is 118 Å². The molecule has 0 amide bonds. The first-order valence-corrected chi connectivity index (χ1v) is 9.05. The minimum absolute atomic E-state index is 0.0292. The summed E-state index contributed by atoms with van der Waals surface area (Å²) in [6.07, 6.45) is 0. The van der Waals surface area contributed by atoms with Crippen LogP contribution in [0.1, 0.15) is 27.7 Å². The quantitative estimate of drug-likeness (QED) is 0.394. The zero-order valence-electron chi connectivity index (χ0n) is 11.9. The van der Waals surface area contributed by atoms with Crippen LogP contribution in [0.2, 0.25) is 0 Å². The summed E-state index contributed by atoms with van der Waals surface area (Å²) in [7, 11) is -8.26. The van der Waals surface area contributed by atoms with Gasteiger partial charge in [-0.2, -0.15) is 4.39 Å². The second-order valence-electron chi connectivity index (χ2n) is 3.05. The predicted molar refractivity (Wildman–Crippen MR) is 68.8 cm³/mol. The van der Waals surface area contributed by atoms with Gasteiger partial charge in [0.2, 0.25) is 0 Å². The van der Waals surface area contributed by atoms with E-state index < -0.39 is 22.2 Å². The van der Waals surface area contributed by atoms with Crippen molar-refractivity contribution in [2.75, 3.05) is 26.4 Å². The summed E-state index contributed by atoms with van der Waals surface area (Å²) < 4.78 is 64.9. The van der Waals surface area contributed by atoms with Crippen molar-refractivity contribution in [2.45, 2.75) is 34.2 Å². The molecule has 0 rings (SSSR count). The predicted octanol–water partition coefficient (Wildman–Crippen LogP) is 3.63. The van der Waals surface area contributed by atoms with Gasteiger partial charge in [0.25, 0.3) is 0 Å². The first-order valence-electron chi connectivity index (χ1n) is 6.13. The Morgan fingerprint density at radius 1 is 0.750 bits per heavy atom. The topological polar surface area (TPSA) is 89.5 Å². The highest BCUT2D eigenvalue weighted by molar-refractivity contribution is 7.49. The second kappa shape index (κ2) is 9.97. The summed E-state index contributed by atoms with van der Waals surface area (Å²) in [5.41, 5.74) is 0. The summed E-state index contributed by atoms with van der Waals surface area (Å²) in [4.78, 5) is 0. The molecule has 0 spiro atoms. The molecule has 0 unspecified atom stereocenters. The average molecular weight is 338 g/mol. The summed E-state index contributed by atoms with van der Waals surface area (Å²) in [6, 6.07) is 0. The van der Waals surface area contributed by atoms with E-state index in [0.29, 0.717) is 0 Å². The number of hydrogen-bond donors (Lipinski definition) is 0. The first-order chi connectivity index (χ1) is 9.34. The number of phosphoric acid groups is 2. The SMILES string of the molecule is CCOP(=O)(OCC)OC(F)OP(=O)(OCC)OCC. The van der Waals surface area contributed by atoms with Crippen LogP contribution < -0.4 is 0 Å². The van der Waals surface area contributed by atoms with Crippen molar-refractivity contribution in [3.05, 3.63) is 0 Å². The number of phosphoric ester groups is 2. The van der Waals surface area contributed by atoms with E-state index in [4.69, 9.17) is 18.1 Å². The van der Waals surface area contributed by atoms with E-state index in [1.54, 1.807) is 0 Å². The van der Waals surface area contributed by atoms with Gasteiger partial charge in [0.1, 0.15) is 0 Å². The summed E-state index contributed by atoms with van der Waals surface area (Å²) >= 11 is 0. The molecule has 0 aromatic rings. The fourth-order valence-corrected chi connectivity index (χ4v) is 3.27. The van der Waals surface area contributed by atoms with Crippen molar-refractivity contribution < 1.29 is 40.7 Å². The third kappa shape index (κ3) is 7.81. The molecule has 11 heteroatoms. The van der Waals surface area contributed by atoms with Crippen molar-refractivity contribution in [3.63, 3.8) is 0 Å². The average Bonchev–Trinajstić information content (AvgIpc) is 2.28. The molecule has 0 aromatic carbocycles. The third-order valence-corrected chi connectivity index (χ3v) is 4.72. The van der Waals surface area contributed by atoms with Gasteiger partial charge in [-0.1, -0.05) is 0 Å². The molecule has 0 radical (unpaired) electrons. The third-order valence-electron chi connectivity index (χ3n) is 1.57. The first kappa shape index (κ1) is 20.1. The molecular weight excluding hydrogens is 317 g/mol. The van der Waals surface area contributed by atoms with Crippen LogP contribution in [0.4, 0.5) is 4.39 Å². The Kier molecular flexibility index (Phi) is 10.0. The Balaban J connectivity index is 4.67. The van der Waals surface area contributed by atoms with Gasteiger partial charge >= 0.3 is 22.2 Å². The van der Waals surface area contributed by atoms with Gasteiger partial charge in [0, 0.05) is 0 Å². The second-order valence-corrected chi connectivity index (χ2v) is 6.29. The molecule has 8 nitrogen and oxygen atoms in total. The molecule has 0 bridgehead atoms. The van der Waals surface area contributed by atoms with E-state index in [9.17, 15) is 13.5 Å². The van der Waals surface area contributed by atoms with E-state index in [-0.39, 0.29) is 26.4 Å². The van der Waals surface area contributed by atoms with Crippen LogP contribution in [0.5, 0.6) is 0 Å². The molecule has 0 atom stereocenters. The smallest absolute Gasteiger partial charge is 0.287 e. The molecule has 0 saturated carbocycles. The van der Waals surface area contributed by atoms with Crippen LogP contribution in [-0.2, 0) is 36.3 Å². The highest BCUT2D eigenvalue weighted by Gasteiger charge is 2.37. The maximum absolute atomic E-state index is 13.6. The zero-order chi connectivity index (χ0) is 15.6. The fraction of sp³-hybridized carbons (Fsp3) is 1.00. The summed E-state index contributed by atoms with van der Waals surface area (Å²) in [5.74, 6) is 0. The summed E-state index contributed by atoms with van der Waals surface area (Å²) in [5, 5.41) is 0. The normalized spacial score (nSPS) is 13.1. The Bertz CT molecular complexity index is 301. The summed E-state index contributed by atoms with van der Waals surface area (Å²) in [6.45, 7) is 3.32. The highest BCUT2D eigenvalue weighted by atomic mass is 31.2. The fourth-order valence-electron chi connectivity index (χ4n) is 1.05. The van der Waals surface area contributed by atoms with Crippen LogP contribution in [0, 0.1) is 0 Å². The van der Waals surface area contributed by atoms with E-state index in [2.05, 4.69) is 9.05 Å². The van der Waals surface area contributed by atoms with Gasteiger partial charge in [-0.3, -0.25) is 18.1 Å². The number of halogens is 1. The van der Waals surface area contributed by atoms with Crippen LogP contribution in [0.25, 0.3) is 0 Å². The Morgan fingerprint density at radius 3 is 1.20 bits per heavy atom. The number of rotatable bonds is 12. The molecular formula is C9H21FO8P2. The van der Waals surface area contributed by atoms with E-state index in [1.165, 1.54) is 27.7 Å². The molecule has 0 N–H and O–H groups in total. The number of alkyl halides is 1. The minimum Gasteiger partial charge on any atom is -0.287 e. The molecule has 0 heterocycles. The van der Waals surface area contributed by atoms with Crippen molar-refractivity contribution in [2.24, 2.45) is 0 Å². The lowest BCUT2D eigenvalue weighted by molar-refractivity contribution is -0.132. The molecule has 0 aromatic heterocycles. The van der Waals surface area contributed by atoms with E-state index in [0.717, 1.165) is 0 Å². The Morgan fingerprint density at radius 2 is 1.00 bits per heavy atom. The van der Waals surface area contributed by atoms with Crippen molar-refractivity contribution in [1.82, 2.24) is 0 Å².